The molecular formula is C25H25ClN2S. The fourth-order valence-corrected chi connectivity index (χ4v) is 4.56. The van der Waals surface area contributed by atoms with Crippen molar-refractivity contribution in [1.29, 1.82) is 0 Å². The van der Waals surface area contributed by atoms with Gasteiger partial charge in [0.1, 0.15) is 5.82 Å². The second kappa shape index (κ2) is 9.51. The average molecular weight is 421 g/mol. The van der Waals surface area contributed by atoms with Crippen molar-refractivity contribution in [3.63, 3.8) is 0 Å². The molecule has 0 spiro atoms. The molecule has 0 saturated carbocycles. The fourth-order valence-electron chi connectivity index (χ4n) is 3.55. The van der Waals surface area contributed by atoms with Gasteiger partial charge in [-0.3, -0.25) is 0 Å². The van der Waals surface area contributed by atoms with Gasteiger partial charge in [-0.05, 0) is 60.1 Å². The van der Waals surface area contributed by atoms with Gasteiger partial charge < -0.3 is 4.57 Å². The van der Waals surface area contributed by atoms with Crippen LogP contribution in [0, 0.1) is 0 Å². The zero-order valence-corrected chi connectivity index (χ0v) is 18.2. The first-order valence-electron chi connectivity index (χ1n) is 10.1. The van der Waals surface area contributed by atoms with Crippen LogP contribution in [-0.4, -0.2) is 15.3 Å². The van der Waals surface area contributed by atoms with Crippen LogP contribution in [0.25, 0.3) is 11.0 Å². The third kappa shape index (κ3) is 5.04. The number of hydrogen-bond donors (Lipinski definition) is 0. The summed E-state index contributed by atoms with van der Waals surface area (Å²) in [4.78, 5) is 6.30. The zero-order chi connectivity index (χ0) is 20.1. The van der Waals surface area contributed by atoms with Gasteiger partial charge in [0.15, 0.2) is 0 Å². The first-order chi connectivity index (χ1) is 14.2. The molecule has 0 aliphatic heterocycles. The Hall–Kier alpha value is -2.23. The van der Waals surface area contributed by atoms with E-state index in [1.54, 1.807) is 0 Å². The molecule has 148 valence electrons. The van der Waals surface area contributed by atoms with Gasteiger partial charge in [-0.25, -0.2) is 4.98 Å². The van der Waals surface area contributed by atoms with Crippen molar-refractivity contribution >= 4 is 34.4 Å². The number of thioether (sulfide) groups is 1. The van der Waals surface area contributed by atoms with Crippen molar-refractivity contribution in [1.82, 2.24) is 9.55 Å². The van der Waals surface area contributed by atoms with Gasteiger partial charge in [0.2, 0.25) is 0 Å². The van der Waals surface area contributed by atoms with Crippen LogP contribution in [0.15, 0.2) is 77.7 Å². The Morgan fingerprint density at radius 3 is 2.52 bits per heavy atom. The minimum atomic E-state index is 0.775. The zero-order valence-electron chi connectivity index (χ0n) is 16.6. The maximum atomic E-state index is 6.24. The summed E-state index contributed by atoms with van der Waals surface area (Å²) in [7, 11) is 0. The number of aromatic nitrogens is 2. The van der Waals surface area contributed by atoms with E-state index in [0.717, 1.165) is 41.5 Å². The molecular weight excluding hydrogens is 396 g/mol. The molecule has 3 aromatic carbocycles. The van der Waals surface area contributed by atoms with Gasteiger partial charge in [0.25, 0.3) is 0 Å². The van der Waals surface area contributed by atoms with E-state index in [9.17, 15) is 0 Å². The lowest BCUT2D eigenvalue weighted by molar-refractivity contribution is 0.729. The molecule has 2 nitrogen and oxygen atoms in total. The van der Waals surface area contributed by atoms with E-state index in [0.29, 0.717) is 0 Å². The molecule has 0 atom stereocenters. The largest absolute Gasteiger partial charge is 0.323 e. The quantitative estimate of drug-likeness (QED) is 0.285. The highest BCUT2D eigenvalue weighted by Gasteiger charge is 2.13. The Balaban J connectivity index is 1.69. The molecule has 4 heteroatoms. The molecule has 4 rings (SSSR count). The summed E-state index contributed by atoms with van der Waals surface area (Å²) in [6.07, 6.45) is 3.07. The minimum absolute atomic E-state index is 0.775. The van der Waals surface area contributed by atoms with Crippen molar-refractivity contribution in [2.45, 2.75) is 37.6 Å². The van der Waals surface area contributed by atoms with Crippen LogP contribution in [-0.2, 0) is 19.4 Å². The van der Waals surface area contributed by atoms with E-state index in [1.165, 1.54) is 28.0 Å². The highest BCUT2D eigenvalue weighted by Crippen LogP contribution is 2.26. The molecule has 0 aliphatic carbocycles. The van der Waals surface area contributed by atoms with Crippen molar-refractivity contribution in [3.8, 4) is 0 Å². The second-order valence-corrected chi connectivity index (χ2v) is 8.83. The highest BCUT2D eigenvalue weighted by molar-refractivity contribution is 7.99. The minimum Gasteiger partial charge on any atom is -0.323 e. The summed E-state index contributed by atoms with van der Waals surface area (Å²) in [5.74, 6) is 2.26. The van der Waals surface area contributed by atoms with E-state index in [2.05, 4.69) is 66.1 Å². The number of hydrogen-bond acceptors (Lipinski definition) is 2. The molecule has 29 heavy (non-hydrogen) atoms. The van der Waals surface area contributed by atoms with Crippen LogP contribution < -0.4 is 0 Å². The van der Waals surface area contributed by atoms with Crippen LogP contribution in [0.1, 0.15) is 30.3 Å². The molecule has 1 heterocycles. The molecule has 4 aromatic rings. The number of nitrogens with zero attached hydrogens (tertiary/aromatic N) is 2. The fraction of sp³-hybridized carbons (Fsp3) is 0.240. The van der Waals surface area contributed by atoms with Crippen LogP contribution in [0.2, 0.25) is 5.02 Å². The third-order valence-corrected chi connectivity index (χ3v) is 6.42. The molecule has 0 radical (unpaired) electrons. The highest BCUT2D eigenvalue weighted by atomic mass is 35.5. The summed E-state index contributed by atoms with van der Waals surface area (Å²) in [5, 5.41) is 0.775. The first-order valence-corrected chi connectivity index (χ1v) is 11.5. The Morgan fingerprint density at radius 1 is 0.897 bits per heavy atom. The summed E-state index contributed by atoms with van der Waals surface area (Å²) in [5.41, 5.74) is 4.81. The van der Waals surface area contributed by atoms with E-state index in [4.69, 9.17) is 16.6 Å². The summed E-state index contributed by atoms with van der Waals surface area (Å²) >= 11 is 8.15. The third-order valence-electron chi connectivity index (χ3n) is 4.98. The normalized spacial score (nSPS) is 11.2. The van der Waals surface area contributed by atoms with Crippen LogP contribution in [0.4, 0.5) is 0 Å². The predicted octanol–water partition coefficient (Wildman–Crippen LogP) is 7.03. The number of aryl methyl sites for hydroxylation is 2. The van der Waals surface area contributed by atoms with Crippen LogP contribution >= 0.6 is 23.4 Å². The van der Waals surface area contributed by atoms with Crippen LogP contribution in [0.5, 0.6) is 0 Å². The average Bonchev–Trinajstić information content (AvgIpc) is 3.08. The molecule has 0 N–H and O–H groups in total. The predicted molar refractivity (Wildman–Crippen MR) is 125 cm³/mol. The standard InChI is InChI=1S/C25H25ClN2S/c1-2-15-29-22-12-13-23-24(17-22)28(18-20-9-6-10-21(26)16-20)25(27-23)14-11-19-7-4-3-5-8-19/h3-10,12-13,16-17H,2,11,14-15,18H2,1H3. The molecule has 0 unspecified atom stereocenters. The van der Waals surface area contributed by atoms with Gasteiger partial charge in [0, 0.05) is 22.9 Å². The van der Waals surface area contributed by atoms with Crippen molar-refractivity contribution in [2.75, 3.05) is 5.75 Å². The SMILES string of the molecule is CCCSc1ccc2nc(CCc3ccccc3)n(Cc3cccc(Cl)c3)c2c1. The summed E-state index contributed by atoms with van der Waals surface area (Å²) in [6, 6.07) is 25.4. The lowest BCUT2D eigenvalue weighted by atomic mass is 10.1. The number of imidazole rings is 1. The van der Waals surface area contributed by atoms with Gasteiger partial charge in [-0.15, -0.1) is 11.8 Å². The van der Waals surface area contributed by atoms with Crippen molar-refractivity contribution < 1.29 is 0 Å². The van der Waals surface area contributed by atoms with Gasteiger partial charge in [0.05, 0.1) is 11.0 Å². The maximum absolute atomic E-state index is 6.24. The summed E-state index contributed by atoms with van der Waals surface area (Å²) < 4.78 is 2.36. The Labute approximate surface area is 181 Å². The lowest BCUT2D eigenvalue weighted by Gasteiger charge is -2.11. The monoisotopic (exact) mass is 420 g/mol. The van der Waals surface area contributed by atoms with E-state index >= 15 is 0 Å². The Bertz CT molecular complexity index is 1090. The number of rotatable bonds is 8. The molecule has 0 aliphatic rings. The van der Waals surface area contributed by atoms with Gasteiger partial charge in [-0.1, -0.05) is 61.0 Å². The smallest absolute Gasteiger partial charge is 0.110 e. The molecule has 0 amide bonds. The van der Waals surface area contributed by atoms with E-state index < -0.39 is 0 Å². The lowest BCUT2D eigenvalue weighted by Crippen LogP contribution is -2.06. The number of benzene rings is 3. The van der Waals surface area contributed by atoms with Gasteiger partial charge >= 0.3 is 0 Å². The molecule has 0 saturated heterocycles. The number of fused-ring (bicyclic) bond motifs is 1. The van der Waals surface area contributed by atoms with E-state index in [-0.39, 0.29) is 0 Å². The van der Waals surface area contributed by atoms with Crippen molar-refractivity contribution in [2.24, 2.45) is 0 Å². The summed E-state index contributed by atoms with van der Waals surface area (Å²) in [6.45, 7) is 3.00. The Morgan fingerprint density at radius 2 is 1.72 bits per heavy atom. The maximum Gasteiger partial charge on any atom is 0.110 e. The molecule has 0 bridgehead atoms. The molecule has 0 fully saturated rings. The molecule has 1 aromatic heterocycles. The topological polar surface area (TPSA) is 17.8 Å². The number of halogens is 1. The van der Waals surface area contributed by atoms with Crippen LogP contribution in [0.3, 0.4) is 0 Å². The second-order valence-electron chi connectivity index (χ2n) is 7.23. The van der Waals surface area contributed by atoms with E-state index in [1.807, 2.05) is 30.0 Å². The van der Waals surface area contributed by atoms with Crippen molar-refractivity contribution in [3.05, 3.63) is 94.8 Å². The Kier molecular flexibility index (Phi) is 6.58. The van der Waals surface area contributed by atoms with Gasteiger partial charge in [-0.2, -0.15) is 0 Å². The first kappa shape index (κ1) is 20.1.